The summed E-state index contributed by atoms with van der Waals surface area (Å²) in [6.45, 7) is 0.182. The van der Waals surface area contributed by atoms with E-state index in [1.54, 1.807) is 25.3 Å². The standard InChI is InChI=1S/C17H15F3INO3/c1-24-12-7-5-11(6-8-12)9-25-10-14-13(3-2-4-15(14)21)16(22-23)17(18,19)20/h2-8,23H,9-10H2,1H3. The summed E-state index contributed by atoms with van der Waals surface area (Å²) in [5.74, 6) is 0.706. The Bertz CT molecular complexity index is 746. The van der Waals surface area contributed by atoms with Gasteiger partial charge in [-0.05, 0) is 46.4 Å². The van der Waals surface area contributed by atoms with Crippen LogP contribution in [0.3, 0.4) is 0 Å². The summed E-state index contributed by atoms with van der Waals surface area (Å²) in [4.78, 5) is 0. The van der Waals surface area contributed by atoms with Crippen molar-refractivity contribution in [1.82, 2.24) is 0 Å². The topological polar surface area (TPSA) is 51.0 Å². The molecule has 25 heavy (non-hydrogen) atoms. The Morgan fingerprint density at radius 1 is 1.12 bits per heavy atom. The third kappa shape index (κ3) is 5.08. The number of benzene rings is 2. The van der Waals surface area contributed by atoms with Crippen molar-refractivity contribution in [1.29, 1.82) is 0 Å². The molecule has 0 unspecified atom stereocenters. The lowest BCUT2D eigenvalue weighted by molar-refractivity contribution is -0.0602. The Hall–Kier alpha value is -1.81. The number of rotatable bonds is 6. The van der Waals surface area contributed by atoms with E-state index in [2.05, 4.69) is 5.16 Å². The molecule has 2 aromatic rings. The Balaban J connectivity index is 2.16. The van der Waals surface area contributed by atoms with Gasteiger partial charge in [-0.2, -0.15) is 13.2 Å². The third-order valence-electron chi connectivity index (χ3n) is 3.42. The lowest BCUT2D eigenvalue weighted by Crippen LogP contribution is -2.25. The average Bonchev–Trinajstić information content (AvgIpc) is 2.57. The average molecular weight is 465 g/mol. The van der Waals surface area contributed by atoms with Crippen LogP contribution in [0.25, 0.3) is 0 Å². The smallest absolute Gasteiger partial charge is 0.437 e. The van der Waals surface area contributed by atoms with E-state index in [1.165, 1.54) is 12.1 Å². The number of ether oxygens (including phenoxy) is 2. The summed E-state index contributed by atoms with van der Waals surface area (Å²) in [6.07, 6.45) is -4.76. The van der Waals surface area contributed by atoms with Crippen LogP contribution in [-0.4, -0.2) is 24.2 Å². The first-order chi connectivity index (χ1) is 11.9. The zero-order valence-corrected chi connectivity index (χ0v) is 15.3. The summed E-state index contributed by atoms with van der Waals surface area (Å²) in [5, 5.41) is 11.2. The van der Waals surface area contributed by atoms with Gasteiger partial charge in [0.1, 0.15) is 5.75 Å². The zero-order valence-electron chi connectivity index (χ0n) is 13.2. The highest BCUT2D eigenvalue weighted by atomic mass is 127. The molecule has 134 valence electrons. The fourth-order valence-corrected chi connectivity index (χ4v) is 2.84. The minimum Gasteiger partial charge on any atom is -0.497 e. The van der Waals surface area contributed by atoms with Crippen LogP contribution in [-0.2, 0) is 18.0 Å². The number of oxime groups is 1. The van der Waals surface area contributed by atoms with Crippen molar-refractivity contribution in [3.63, 3.8) is 0 Å². The van der Waals surface area contributed by atoms with Crippen molar-refractivity contribution in [2.45, 2.75) is 19.4 Å². The SMILES string of the molecule is COc1ccc(COCc2c(I)cccc2C(=NO)C(F)(F)F)cc1. The molecule has 0 aromatic heterocycles. The summed E-state index contributed by atoms with van der Waals surface area (Å²) >= 11 is 1.93. The monoisotopic (exact) mass is 465 g/mol. The number of hydrogen-bond donors (Lipinski definition) is 1. The van der Waals surface area contributed by atoms with Gasteiger partial charge >= 0.3 is 6.18 Å². The molecule has 0 aliphatic rings. The quantitative estimate of drug-likeness (QED) is 0.290. The van der Waals surface area contributed by atoms with Crippen LogP contribution < -0.4 is 4.74 Å². The van der Waals surface area contributed by atoms with Gasteiger partial charge in [-0.25, -0.2) is 0 Å². The van der Waals surface area contributed by atoms with Crippen LogP contribution >= 0.6 is 22.6 Å². The van der Waals surface area contributed by atoms with Crippen molar-refractivity contribution < 1.29 is 27.9 Å². The van der Waals surface area contributed by atoms with Crippen molar-refractivity contribution in [2.75, 3.05) is 7.11 Å². The number of methoxy groups -OCH3 is 1. The van der Waals surface area contributed by atoms with E-state index in [0.29, 0.717) is 14.9 Å². The second-order valence-corrected chi connectivity index (χ2v) is 6.22. The van der Waals surface area contributed by atoms with Crippen LogP contribution in [0.5, 0.6) is 5.75 Å². The van der Waals surface area contributed by atoms with Gasteiger partial charge in [-0.3, -0.25) is 0 Å². The molecule has 0 radical (unpaired) electrons. The maximum Gasteiger partial charge on any atom is 0.437 e. The van der Waals surface area contributed by atoms with Gasteiger partial charge in [0.25, 0.3) is 0 Å². The Labute approximate surface area is 156 Å². The number of hydrogen-bond acceptors (Lipinski definition) is 4. The first kappa shape index (κ1) is 19.5. The fourth-order valence-electron chi connectivity index (χ4n) is 2.18. The van der Waals surface area contributed by atoms with E-state index in [4.69, 9.17) is 14.7 Å². The zero-order chi connectivity index (χ0) is 18.4. The molecule has 0 fully saturated rings. The lowest BCUT2D eigenvalue weighted by Gasteiger charge is -2.15. The second kappa shape index (κ2) is 8.52. The number of halogens is 4. The van der Waals surface area contributed by atoms with Crippen LogP contribution in [0, 0.1) is 3.57 Å². The fraction of sp³-hybridized carbons (Fsp3) is 0.235. The van der Waals surface area contributed by atoms with Gasteiger partial charge in [0.15, 0.2) is 5.71 Å². The van der Waals surface area contributed by atoms with Crippen molar-refractivity contribution in [3.05, 3.63) is 62.7 Å². The Morgan fingerprint density at radius 2 is 1.80 bits per heavy atom. The van der Waals surface area contributed by atoms with Crippen molar-refractivity contribution in [2.24, 2.45) is 5.16 Å². The van der Waals surface area contributed by atoms with Gasteiger partial charge in [-0.15, -0.1) is 0 Å². The molecule has 0 bridgehead atoms. The van der Waals surface area contributed by atoms with Gasteiger partial charge in [0.2, 0.25) is 0 Å². The van der Waals surface area contributed by atoms with Gasteiger partial charge in [0, 0.05) is 14.7 Å². The minimum absolute atomic E-state index is 0.0461. The third-order valence-corrected chi connectivity index (χ3v) is 4.43. The molecule has 0 amide bonds. The molecule has 0 aliphatic carbocycles. The molecule has 0 atom stereocenters. The molecule has 8 heteroatoms. The van der Waals surface area contributed by atoms with E-state index in [-0.39, 0.29) is 18.8 Å². The molecular formula is C17H15F3INO3. The molecule has 2 rings (SSSR count). The van der Waals surface area contributed by atoms with E-state index in [1.807, 2.05) is 34.7 Å². The van der Waals surface area contributed by atoms with E-state index >= 15 is 0 Å². The summed E-state index contributed by atoms with van der Waals surface area (Å²) in [5.41, 5.74) is -0.354. The van der Waals surface area contributed by atoms with E-state index < -0.39 is 11.9 Å². The van der Waals surface area contributed by atoms with Crippen LogP contribution in [0.4, 0.5) is 13.2 Å². The molecule has 0 aliphatic heterocycles. The molecule has 4 nitrogen and oxygen atoms in total. The van der Waals surface area contributed by atoms with Crippen molar-refractivity contribution >= 4 is 28.3 Å². The van der Waals surface area contributed by atoms with Crippen LogP contribution in [0.2, 0.25) is 0 Å². The molecule has 0 saturated carbocycles. The van der Waals surface area contributed by atoms with Crippen LogP contribution in [0.15, 0.2) is 47.6 Å². The minimum atomic E-state index is -4.76. The number of nitrogens with zero attached hydrogens (tertiary/aromatic N) is 1. The molecule has 2 aromatic carbocycles. The first-order valence-electron chi connectivity index (χ1n) is 7.14. The summed E-state index contributed by atoms with van der Waals surface area (Å²) < 4.78 is 50.3. The first-order valence-corrected chi connectivity index (χ1v) is 8.22. The van der Waals surface area contributed by atoms with Gasteiger partial charge in [-0.1, -0.05) is 29.4 Å². The second-order valence-electron chi connectivity index (χ2n) is 5.05. The van der Waals surface area contributed by atoms with Gasteiger partial charge in [0.05, 0.1) is 20.3 Å². The van der Waals surface area contributed by atoms with Gasteiger partial charge < -0.3 is 14.7 Å². The normalized spacial score (nSPS) is 12.3. The Morgan fingerprint density at radius 3 is 2.36 bits per heavy atom. The molecule has 0 saturated heterocycles. The maximum atomic E-state index is 13.0. The van der Waals surface area contributed by atoms with Crippen LogP contribution in [0.1, 0.15) is 16.7 Å². The number of alkyl halides is 3. The van der Waals surface area contributed by atoms with E-state index in [9.17, 15) is 13.2 Å². The largest absolute Gasteiger partial charge is 0.497 e. The highest BCUT2D eigenvalue weighted by Crippen LogP contribution is 2.27. The van der Waals surface area contributed by atoms with Crippen molar-refractivity contribution in [3.8, 4) is 5.75 Å². The highest BCUT2D eigenvalue weighted by Gasteiger charge is 2.39. The summed E-state index contributed by atoms with van der Waals surface area (Å²) in [6, 6.07) is 11.6. The molecule has 1 N–H and O–H groups in total. The summed E-state index contributed by atoms with van der Waals surface area (Å²) in [7, 11) is 1.56. The highest BCUT2D eigenvalue weighted by molar-refractivity contribution is 14.1. The molecule has 0 spiro atoms. The lowest BCUT2D eigenvalue weighted by atomic mass is 10.0. The predicted molar refractivity (Wildman–Crippen MR) is 95.0 cm³/mol. The molecular weight excluding hydrogens is 450 g/mol. The predicted octanol–water partition coefficient (Wildman–Crippen LogP) is 4.76. The maximum absolute atomic E-state index is 13.0. The molecule has 0 heterocycles. The van der Waals surface area contributed by atoms with E-state index in [0.717, 1.165) is 5.56 Å². The Kier molecular flexibility index (Phi) is 6.65.